The van der Waals surface area contributed by atoms with Crippen LogP contribution in [0.1, 0.15) is 0 Å². The second kappa shape index (κ2) is 5.14. The first-order valence-electron chi connectivity index (χ1n) is 6.55. The Bertz CT molecular complexity index is 1060. The molecule has 0 fully saturated rings. The number of benzene rings is 2. The van der Waals surface area contributed by atoms with Gasteiger partial charge in [-0.25, -0.2) is 0 Å². The smallest absolute Gasteiger partial charge is 0.303 e. The molecule has 0 saturated carbocycles. The number of halogens is 2. The number of hydrogen-bond acceptors (Lipinski definition) is 3. The maximum absolute atomic E-state index is 12.7. The van der Waals surface area contributed by atoms with Gasteiger partial charge < -0.3 is 8.83 Å². The van der Waals surface area contributed by atoms with Crippen LogP contribution in [0.3, 0.4) is 0 Å². The molecule has 0 bridgehead atoms. The van der Waals surface area contributed by atoms with Crippen molar-refractivity contribution >= 4 is 56.3 Å². The zero-order chi connectivity index (χ0) is 15.3. The van der Waals surface area contributed by atoms with E-state index in [9.17, 15) is 4.79 Å². The third-order valence-corrected chi connectivity index (χ3v) is 4.73. The van der Waals surface area contributed by atoms with Gasteiger partial charge in [0.05, 0.1) is 8.96 Å². The Kier molecular flexibility index (Phi) is 3.23. The van der Waals surface area contributed by atoms with Crippen LogP contribution in [0.25, 0.3) is 33.5 Å². The lowest BCUT2D eigenvalue weighted by Crippen LogP contribution is -2.01. The van der Waals surface area contributed by atoms with Crippen LogP contribution in [-0.2, 0) is 0 Å². The fourth-order valence-corrected chi connectivity index (χ4v) is 3.49. The summed E-state index contributed by atoms with van der Waals surface area (Å²) in [5.41, 5.74) is 1.24. The monoisotopic (exact) mass is 422 g/mol. The lowest BCUT2D eigenvalue weighted by atomic mass is 10.1. The summed E-state index contributed by atoms with van der Waals surface area (Å²) in [6.45, 7) is 0. The lowest BCUT2D eigenvalue weighted by Gasteiger charge is -1.97. The highest BCUT2D eigenvalue weighted by Gasteiger charge is 2.20. The topological polar surface area (TPSA) is 43.4 Å². The summed E-state index contributed by atoms with van der Waals surface area (Å²) in [6.07, 6.45) is 0. The summed E-state index contributed by atoms with van der Waals surface area (Å²) < 4.78 is 12.3. The van der Waals surface area contributed by atoms with Crippen LogP contribution in [0.4, 0.5) is 0 Å². The summed E-state index contributed by atoms with van der Waals surface area (Å²) in [4.78, 5) is 12.7. The van der Waals surface area contributed by atoms with Crippen LogP contribution in [0.15, 0.2) is 62.2 Å². The molecular formula is C17H8ClIO3. The van der Waals surface area contributed by atoms with Crippen LogP contribution >= 0.6 is 34.2 Å². The lowest BCUT2D eigenvalue weighted by molar-refractivity contribution is 0.502. The Morgan fingerprint density at radius 2 is 1.77 bits per heavy atom. The molecule has 5 heteroatoms. The molecule has 0 saturated heterocycles. The first kappa shape index (κ1) is 13.8. The zero-order valence-electron chi connectivity index (χ0n) is 11.1. The average Bonchev–Trinajstić information content (AvgIpc) is 2.86. The molecule has 0 unspecified atom stereocenters. The fraction of sp³-hybridized carbons (Fsp3) is 0. The van der Waals surface area contributed by atoms with E-state index in [4.69, 9.17) is 20.4 Å². The number of fused-ring (bicyclic) bond motifs is 2. The predicted molar refractivity (Wildman–Crippen MR) is 95.4 cm³/mol. The summed E-state index contributed by atoms with van der Waals surface area (Å²) >= 11 is 8.09. The highest BCUT2D eigenvalue weighted by Crippen LogP contribution is 2.34. The fourth-order valence-electron chi connectivity index (χ4n) is 2.43. The molecule has 0 aliphatic carbocycles. The summed E-state index contributed by atoms with van der Waals surface area (Å²) in [6, 6.07) is 14.6. The Hall–Kier alpha value is -1.79. The Balaban J connectivity index is 2.13. The van der Waals surface area contributed by atoms with Crippen molar-refractivity contribution in [2.75, 3.05) is 0 Å². The van der Waals surface area contributed by atoms with Gasteiger partial charge in [0.15, 0.2) is 5.76 Å². The zero-order valence-corrected chi connectivity index (χ0v) is 14.0. The highest BCUT2D eigenvalue weighted by molar-refractivity contribution is 14.1. The van der Waals surface area contributed by atoms with Gasteiger partial charge in [-0.1, -0.05) is 41.9 Å². The van der Waals surface area contributed by atoms with Crippen molar-refractivity contribution in [2.24, 2.45) is 0 Å². The van der Waals surface area contributed by atoms with E-state index in [-0.39, 0.29) is 11.2 Å². The summed E-state index contributed by atoms with van der Waals surface area (Å²) in [5, 5.41) is 1.41. The van der Waals surface area contributed by atoms with Crippen LogP contribution in [0.5, 0.6) is 0 Å². The minimum atomic E-state index is -0.130. The average molecular weight is 423 g/mol. The van der Waals surface area contributed by atoms with Gasteiger partial charge in [-0.05, 0) is 40.8 Å². The number of hydrogen-bond donors (Lipinski definition) is 0. The van der Waals surface area contributed by atoms with Crippen molar-refractivity contribution in [3.05, 3.63) is 67.3 Å². The van der Waals surface area contributed by atoms with Crippen LogP contribution in [0, 0.1) is 3.57 Å². The van der Waals surface area contributed by atoms with Crippen molar-refractivity contribution in [3.63, 3.8) is 0 Å². The number of furan rings is 1. The second-order valence-corrected chi connectivity index (χ2v) is 6.36. The molecule has 22 heavy (non-hydrogen) atoms. The van der Waals surface area contributed by atoms with E-state index >= 15 is 0 Å². The largest absolute Gasteiger partial charge is 0.425 e. The molecule has 4 aromatic rings. The SMILES string of the molecule is O=c1c2cc(Cl)ccc2oc2oc(-c3ccccc3)c(I)c12. The second-order valence-electron chi connectivity index (χ2n) is 4.85. The Morgan fingerprint density at radius 1 is 1.00 bits per heavy atom. The minimum Gasteiger partial charge on any atom is -0.425 e. The molecular weight excluding hydrogens is 415 g/mol. The number of rotatable bonds is 1. The predicted octanol–water partition coefficient (Wildman–Crippen LogP) is 5.46. The van der Waals surface area contributed by atoms with Gasteiger partial charge in [-0.3, -0.25) is 4.79 Å². The third-order valence-electron chi connectivity index (χ3n) is 3.47. The Labute approximate surface area is 143 Å². The van der Waals surface area contributed by atoms with Crippen LogP contribution < -0.4 is 5.43 Å². The molecule has 0 radical (unpaired) electrons. The van der Waals surface area contributed by atoms with Gasteiger partial charge in [0, 0.05) is 10.6 Å². The molecule has 0 amide bonds. The van der Waals surface area contributed by atoms with E-state index in [1.54, 1.807) is 18.2 Å². The van der Waals surface area contributed by atoms with Gasteiger partial charge in [0.25, 0.3) is 0 Å². The molecule has 0 N–H and O–H groups in total. The first-order valence-corrected chi connectivity index (χ1v) is 8.00. The first-order chi connectivity index (χ1) is 10.6. The summed E-state index contributed by atoms with van der Waals surface area (Å²) in [7, 11) is 0. The highest BCUT2D eigenvalue weighted by atomic mass is 127. The van der Waals surface area contributed by atoms with Crippen molar-refractivity contribution in [2.45, 2.75) is 0 Å². The molecule has 2 aromatic carbocycles. The van der Waals surface area contributed by atoms with Crippen molar-refractivity contribution in [3.8, 4) is 11.3 Å². The van der Waals surface area contributed by atoms with Gasteiger partial charge in [0.1, 0.15) is 11.0 Å². The molecule has 3 nitrogen and oxygen atoms in total. The van der Waals surface area contributed by atoms with E-state index in [0.29, 0.717) is 27.1 Å². The normalized spacial score (nSPS) is 11.4. The molecule has 0 atom stereocenters. The van der Waals surface area contributed by atoms with E-state index < -0.39 is 0 Å². The van der Waals surface area contributed by atoms with Crippen molar-refractivity contribution in [1.82, 2.24) is 0 Å². The minimum absolute atomic E-state index is 0.130. The summed E-state index contributed by atoms with van der Waals surface area (Å²) in [5.74, 6) is 0.876. The van der Waals surface area contributed by atoms with Crippen molar-refractivity contribution < 1.29 is 8.83 Å². The van der Waals surface area contributed by atoms with E-state index in [2.05, 4.69) is 22.6 Å². The van der Waals surface area contributed by atoms with E-state index in [0.717, 1.165) is 9.13 Å². The van der Waals surface area contributed by atoms with Crippen LogP contribution in [0.2, 0.25) is 5.02 Å². The van der Waals surface area contributed by atoms with E-state index in [1.165, 1.54) is 0 Å². The Morgan fingerprint density at radius 3 is 2.55 bits per heavy atom. The van der Waals surface area contributed by atoms with Gasteiger partial charge in [-0.15, -0.1) is 0 Å². The van der Waals surface area contributed by atoms with Crippen molar-refractivity contribution in [1.29, 1.82) is 0 Å². The molecule has 2 aromatic heterocycles. The van der Waals surface area contributed by atoms with Gasteiger partial charge in [-0.2, -0.15) is 0 Å². The molecule has 2 heterocycles. The molecule has 0 aliphatic heterocycles. The van der Waals surface area contributed by atoms with Crippen LogP contribution in [-0.4, -0.2) is 0 Å². The maximum atomic E-state index is 12.7. The third kappa shape index (κ3) is 2.06. The molecule has 0 aliphatic rings. The maximum Gasteiger partial charge on any atom is 0.303 e. The standard InChI is InChI=1S/C17H8ClIO3/c18-10-6-7-12-11(8-10)15(20)13-14(19)16(22-17(13)21-12)9-4-2-1-3-5-9/h1-8H. The quantitative estimate of drug-likeness (QED) is 0.382. The molecule has 4 rings (SSSR count). The van der Waals surface area contributed by atoms with E-state index in [1.807, 2.05) is 30.3 Å². The van der Waals surface area contributed by atoms with Gasteiger partial charge in [0.2, 0.25) is 5.43 Å². The molecule has 0 spiro atoms. The molecule has 108 valence electrons. The van der Waals surface area contributed by atoms with Gasteiger partial charge >= 0.3 is 5.78 Å².